The maximum Gasteiger partial charge on any atom is 0.324 e. The molecule has 0 aliphatic carbocycles. The lowest BCUT2D eigenvalue weighted by atomic mass is 10.1. The standard InChI is InChI=1S/C11H14BrNO2S/c1-11(13-2,10(14)15)7-16-9-5-3-8(12)4-6-9/h3-6,13H,7H2,1-2H3,(H,14,15). The van der Waals surface area contributed by atoms with E-state index in [0.29, 0.717) is 5.75 Å². The first-order valence-electron chi connectivity index (χ1n) is 4.78. The number of nitrogens with one attached hydrogen (secondary N) is 1. The summed E-state index contributed by atoms with van der Waals surface area (Å²) in [6.07, 6.45) is 0. The summed E-state index contributed by atoms with van der Waals surface area (Å²) in [4.78, 5) is 12.1. The first-order chi connectivity index (χ1) is 7.48. The summed E-state index contributed by atoms with van der Waals surface area (Å²) < 4.78 is 1.02. The van der Waals surface area contributed by atoms with Gasteiger partial charge in [-0.2, -0.15) is 0 Å². The SMILES string of the molecule is CNC(C)(CSc1ccc(Br)cc1)C(=O)O. The molecule has 0 aliphatic heterocycles. The molecule has 0 radical (unpaired) electrons. The Morgan fingerprint density at radius 1 is 1.50 bits per heavy atom. The van der Waals surface area contributed by atoms with E-state index < -0.39 is 11.5 Å². The second-order valence-electron chi connectivity index (χ2n) is 3.63. The quantitative estimate of drug-likeness (QED) is 0.821. The van der Waals surface area contributed by atoms with Gasteiger partial charge in [0.2, 0.25) is 0 Å². The van der Waals surface area contributed by atoms with Gasteiger partial charge in [0, 0.05) is 15.1 Å². The first kappa shape index (κ1) is 13.5. The van der Waals surface area contributed by atoms with Crippen molar-refractivity contribution in [3.63, 3.8) is 0 Å². The molecule has 1 unspecified atom stereocenters. The number of hydrogen-bond acceptors (Lipinski definition) is 3. The Bertz CT molecular complexity index is 369. The second kappa shape index (κ2) is 5.70. The van der Waals surface area contributed by atoms with Gasteiger partial charge < -0.3 is 10.4 Å². The van der Waals surface area contributed by atoms with Crippen LogP contribution in [0.4, 0.5) is 0 Å². The molecular weight excluding hydrogens is 290 g/mol. The lowest BCUT2D eigenvalue weighted by molar-refractivity contribution is -0.142. The average molecular weight is 304 g/mol. The molecule has 0 heterocycles. The predicted molar refractivity (Wildman–Crippen MR) is 70.0 cm³/mol. The number of rotatable bonds is 5. The number of carboxylic acid groups (broad SMARTS) is 1. The van der Waals surface area contributed by atoms with E-state index in [-0.39, 0.29) is 0 Å². The molecule has 0 saturated carbocycles. The van der Waals surface area contributed by atoms with Gasteiger partial charge in [-0.1, -0.05) is 15.9 Å². The number of thioether (sulfide) groups is 1. The number of carboxylic acids is 1. The summed E-state index contributed by atoms with van der Waals surface area (Å²) in [5, 5.41) is 11.9. The van der Waals surface area contributed by atoms with Gasteiger partial charge in [0.25, 0.3) is 0 Å². The van der Waals surface area contributed by atoms with E-state index >= 15 is 0 Å². The van der Waals surface area contributed by atoms with Gasteiger partial charge in [0.15, 0.2) is 0 Å². The molecule has 16 heavy (non-hydrogen) atoms. The minimum Gasteiger partial charge on any atom is -0.480 e. The summed E-state index contributed by atoms with van der Waals surface area (Å²) in [6.45, 7) is 1.68. The molecule has 5 heteroatoms. The maximum atomic E-state index is 11.0. The van der Waals surface area contributed by atoms with Crippen LogP contribution in [0.1, 0.15) is 6.92 Å². The number of halogens is 1. The van der Waals surface area contributed by atoms with Crippen molar-refractivity contribution in [2.45, 2.75) is 17.4 Å². The molecule has 2 N–H and O–H groups in total. The van der Waals surface area contributed by atoms with Crippen molar-refractivity contribution in [1.29, 1.82) is 0 Å². The first-order valence-corrected chi connectivity index (χ1v) is 6.56. The van der Waals surface area contributed by atoms with Gasteiger partial charge in [-0.3, -0.25) is 4.79 Å². The van der Waals surface area contributed by atoms with Crippen LogP contribution in [-0.2, 0) is 4.79 Å². The van der Waals surface area contributed by atoms with Gasteiger partial charge in [-0.25, -0.2) is 0 Å². The molecule has 0 spiro atoms. The molecule has 3 nitrogen and oxygen atoms in total. The smallest absolute Gasteiger partial charge is 0.324 e. The summed E-state index contributed by atoms with van der Waals surface area (Å²) in [6, 6.07) is 7.82. The average Bonchev–Trinajstić information content (AvgIpc) is 2.27. The predicted octanol–water partition coefficient (Wildman–Crippen LogP) is 2.60. The zero-order valence-electron chi connectivity index (χ0n) is 9.16. The van der Waals surface area contributed by atoms with E-state index in [1.165, 1.54) is 11.8 Å². The van der Waals surface area contributed by atoms with Gasteiger partial charge in [0.1, 0.15) is 5.54 Å². The highest BCUT2D eigenvalue weighted by atomic mass is 79.9. The molecule has 0 saturated heterocycles. The van der Waals surface area contributed by atoms with E-state index in [1.54, 1.807) is 14.0 Å². The van der Waals surface area contributed by atoms with Crippen LogP contribution < -0.4 is 5.32 Å². The lowest BCUT2D eigenvalue weighted by Crippen LogP contribution is -2.49. The third kappa shape index (κ3) is 3.50. The Labute approximate surface area is 108 Å². The Balaban J connectivity index is 2.63. The van der Waals surface area contributed by atoms with Crippen LogP contribution >= 0.6 is 27.7 Å². The Morgan fingerprint density at radius 2 is 2.06 bits per heavy atom. The van der Waals surface area contributed by atoms with Crippen LogP contribution in [0.25, 0.3) is 0 Å². The van der Waals surface area contributed by atoms with Crippen LogP contribution in [0.2, 0.25) is 0 Å². The summed E-state index contributed by atoms with van der Waals surface area (Å²) in [5.41, 5.74) is -0.891. The number of carbonyl (C=O) groups is 1. The van der Waals surface area contributed by atoms with Crippen molar-refractivity contribution in [2.75, 3.05) is 12.8 Å². The topological polar surface area (TPSA) is 49.3 Å². The number of hydrogen-bond donors (Lipinski definition) is 2. The van der Waals surface area contributed by atoms with E-state index in [4.69, 9.17) is 5.11 Å². The van der Waals surface area contributed by atoms with Crippen molar-refractivity contribution in [1.82, 2.24) is 5.32 Å². The highest BCUT2D eigenvalue weighted by molar-refractivity contribution is 9.10. The molecule has 1 atom stereocenters. The van der Waals surface area contributed by atoms with Gasteiger partial charge in [-0.15, -0.1) is 11.8 Å². The molecule has 88 valence electrons. The number of likely N-dealkylation sites (N-methyl/N-ethyl adjacent to an activating group) is 1. The largest absolute Gasteiger partial charge is 0.480 e. The van der Waals surface area contributed by atoms with Gasteiger partial charge in [-0.05, 0) is 38.2 Å². The third-order valence-corrected chi connectivity index (χ3v) is 4.22. The molecule has 0 amide bonds. The fourth-order valence-electron chi connectivity index (χ4n) is 0.999. The zero-order valence-corrected chi connectivity index (χ0v) is 11.6. The third-order valence-electron chi connectivity index (χ3n) is 2.36. The van der Waals surface area contributed by atoms with Crippen LogP contribution in [0, 0.1) is 0 Å². The summed E-state index contributed by atoms with van der Waals surface area (Å²) >= 11 is 4.88. The minimum atomic E-state index is -0.891. The molecule has 0 aliphatic rings. The fraction of sp³-hybridized carbons (Fsp3) is 0.364. The Kier molecular flexibility index (Phi) is 4.83. The second-order valence-corrected chi connectivity index (χ2v) is 5.59. The van der Waals surface area contributed by atoms with Gasteiger partial charge in [0.05, 0.1) is 0 Å². The minimum absolute atomic E-state index is 0.487. The van der Waals surface area contributed by atoms with E-state index in [1.807, 2.05) is 24.3 Å². The molecule has 0 fully saturated rings. The van der Waals surface area contributed by atoms with Crippen LogP contribution in [0.3, 0.4) is 0 Å². The molecule has 0 aromatic heterocycles. The number of aliphatic carboxylic acids is 1. The highest BCUT2D eigenvalue weighted by Gasteiger charge is 2.30. The molecule has 0 bridgehead atoms. The van der Waals surface area contributed by atoms with E-state index in [9.17, 15) is 4.79 Å². The van der Waals surface area contributed by atoms with Gasteiger partial charge >= 0.3 is 5.97 Å². The van der Waals surface area contributed by atoms with Crippen molar-refractivity contribution in [3.05, 3.63) is 28.7 Å². The molecule has 1 aromatic carbocycles. The monoisotopic (exact) mass is 303 g/mol. The Hall–Kier alpha value is -0.520. The van der Waals surface area contributed by atoms with Crippen molar-refractivity contribution < 1.29 is 9.90 Å². The Morgan fingerprint density at radius 3 is 2.50 bits per heavy atom. The van der Waals surface area contributed by atoms with Crippen molar-refractivity contribution in [3.8, 4) is 0 Å². The van der Waals surface area contributed by atoms with E-state index in [2.05, 4.69) is 21.2 Å². The lowest BCUT2D eigenvalue weighted by Gasteiger charge is -2.23. The fourth-order valence-corrected chi connectivity index (χ4v) is 2.32. The number of benzene rings is 1. The van der Waals surface area contributed by atoms with Crippen molar-refractivity contribution in [2.24, 2.45) is 0 Å². The molecule has 1 rings (SSSR count). The summed E-state index contributed by atoms with van der Waals surface area (Å²) in [5.74, 6) is -0.347. The highest BCUT2D eigenvalue weighted by Crippen LogP contribution is 2.24. The maximum absolute atomic E-state index is 11.0. The normalized spacial score (nSPS) is 14.4. The van der Waals surface area contributed by atoms with Crippen molar-refractivity contribution >= 4 is 33.7 Å². The van der Waals surface area contributed by atoms with Crippen LogP contribution in [0.15, 0.2) is 33.6 Å². The zero-order chi connectivity index (χ0) is 12.2. The summed E-state index contributed by atoms with van der Waals surface area (Å²) in [7, 11) is 1.66. The van der Waals surface area contributed by atoms with Crippen LogP contribution in [-0.4, -0.2) is 29.4 Å². The van der Waals surface area contributed by atoms with E-state index in [0.717, 1.165) is 9.37 Å². The molecule has 1 aromatic rings. The molecular formula is C11H14BrNO2S. The van der Waals surface area contributed by atoms with Crippen LogP contribution in [0.5, 0.6) is 0 Å².